The number of nitrogens with zero attached hydrogens (tertiary/aromatic N) is 3. The minimum absolute atomic E-state index is 0.627. The molecular formula is C15H8BrN3S. The molecule has 0 saturated heterocycles. The number of rotatable bonds is 2. The Balaban J connectivity index is 2.02. The van der Waals surface area contributed by atoms with Crippen molar-refractivity contribution in [1.82, 2.24) is 9.97 Å². The van der Waals surface area contributed by atoms with E-state index in [2.05, 4.69) is 32.0 Å². The second kappa shape index (κ2) is 5.61. The number of benzene rings is 2. The molecule has 0 aliphatic carbocycles. The van der Waals surface area contributed by atoms with Crippen LogP contribution in [0, 0.1) is 11.3 Å². The third-order valence-corrected chi connectivity index (χ3v) is 4.45. The van der Waals surface area contributed by atoms with Gasteiger partial charge in [0.25, 0.3) is 0 Å². The second-order valence-corrected chi connectivity index (χ2v) is 5.97. The molecule has 0 radical (unpaired) electrons. The summed E-state index contributed by atoms with van der Waals surface area (Å²) >= 11 is 4.96. The number of halogens is 1. The minimum Gasteiger partial charge on any atom is -0.236 e. The van der Waals surface area contributed by atoms with E-state index >= 15 is 0 Å². The number of para-hydroxylation sites is 1. The summed E-state index contributed by atoms with van der Waals surface area (Å²) in [5, 5.41) is 10.9. The Kier molecular flexibility index (Phi) is 3.68. The molecule has 0 atom stereocenters. The molecule has 0 N–H and O–H groups in total. The second-order valence-electron chi connectivity index (χ2n) is 4.05. The summed E-state index contributed by atoms with van der Waals surface area (Å²) in [6, 6.07) is 15.7. The highest BCUT2D eigenvalue weighted by atomic mass is 79.9. The first-order chi connectivity index (χ1) is 9.78. The maximum atomic E-state index is 8.93. The van der Waals surface area contributed by atoms with Crippen LogP contribution in [-0.4, -0.2) is 9.97 Å². The van der Waals surface area contributed by atoms with E-state index in [0.29, 0.717) is 5.56 Å². The Morgan fingerprint density at radius 1 is 1.10 bits per heavy atom. The molecule has 0 bridgehead atoms. The summed E-state index contributed by atoms with van der Waals surface area (Å²) in [4.78, 5) is 9.63. The molecule has 0 aliphatic rings. The fraction of sp³-hybridized carbons (Fsp3) is 0. The summed E-state index contributed by atoms with van der Waals surface area (Å²) in [5.41, 5.74) is 1.56. The molecule has 3 aromatic rings. The van der Waals surface area contributed by atoms with Crippen molar-refractivity contribution in [1.29, 1.82) is 5.26 Å². The van der Waals surface area contributed by atoms with Gasteiger partial charge in [-0.25, -0.2) is 9.97 Å². The highest BCUT2D eigenvalue weighted by Gasteiger charge is 2.07. The molecule has 0 aliphatic heterocycles. The zero-order valence-corrected chi connectivity index (χ0v) is 12.6. The van der Waals surface area contributed by atoms with Crippen LogP contribution >= 0.6 is 27.7 Å². The molecule has 20 heavy (non-hydrogen) atoms. The van der Waals surface area contributed by atoms with Crippen LogP contribution in [0.1, 0.15) is 5.56 Å². The minimum atomic E-state index is 0.627. The molecule has 1 aromatic heterocycles. The Hall–Kier alpha value is -1.90. The monoisotopic (exact) mass is 341 g/mol. The van der Waals surface area contributed by atoms with Gasteiger partial charge in [0.2, 0.25) is 0 Å². The Labute approximate surface area is 128 Å². The zero-order chi connectivity index (χ0) is 13.9. The third kappa shape index (κ3) is 2.53. The van der Waals surface area contributed by atoms with E-state index in [1.165, 1.54) is 0 Å². The fourth-order valence-corrected chi connectivity index (χ4v) is 3.36. The van der Waals surface area contributed by atoms with Crippen LogP contribution in [0.2, 0.25) is 0 Å². The van der Waals surface area contributed by atoms with E-state index in [1.807, 2.05) is 36.4 Å². The molecule has 0 saturated carbocycles. The predicted molar refractivity (Wildman–Crippen MR) is 82.5 cm³/mol. The van der Waals surface area contributed by atoms with Crippen molar-refractivity contribution in [2.75, 3.05) is 0 Å². The van der Waals surface area contributed by atoms with Gasteiger partial charge < -0.3 is 0 Å². The molecule has 0 spiro atoms. The normalized spacial score (nSPS) is 10.4. The lowest BCUT2D eigenvalue weighted by Gasteiger charge is -2.05. The highest BCUT2D eigenvalue weighted by molar-refractivity contribution is 9.10. The van der Waals surface area contributed by atoms with Gasteiger partial charge >= 0.3 is 0 Å². The van der Waals surface area contributed by atoms with E-state index < -0.39 is 0 Å². The first-order valence-corrected chi connectivity index (χ1v) is 7.46. The van der Waals surface area contributed by atoms with E-state index in [-0.39, 0.29) is 0 Å². The zero-order valence-electron chi connectivity index (χ0n) is 10.2. The molecular weight excluding hydrogens is 334 g/mol. The van der Waals surface area contributed by atoms with E-state index in [9.17, 15) is 0 Å². The van der Waals surface area contributed by atoms with Crippen LogP contribution in [0.3, 0.4) is 0 Å². The Bertz CT molecular complexity index is 821. The van der Waals surface area contributed by atoms with Crippen LogP contribution in [0.15, 0.2) is 63.2 Å². The number of hydrogen-bond acceptors (Lipinski definition) is 4. The predicted octanol–water partition coefficient (Wildman–Crippen LogP) is 4.42. The molecule has 0 amide bonds. The van der Waals surface area contributed by atoms with Crippen molar-refractivity contribution >= 4 is 38.6 Å². The van der Waals surface area contributed by atoms with Gasteiger partial charge in [-0.2, -0.15) is 5.26 Å². The van der Waals surface area contributed by atoms with Gasteiger partial charge in [-0.05, 0) is 40.2 Å². The number of aromatic nitrogens is 2. The van der Waals surface area contributed by atoms with Crippen molar-refractivity contribution in [3.8, 4) is 6.07 Å². The van der Waals surface area contributed by atoms with E-state index in [0.717, 1.165) is 25.3 Å². The lowest BCUT2D eigenvalue weighted by molar-refractivity contribution is 1.10. The number of fused-ring (bicyclic) bond motifs is 1. The Morgan fingerprint density at radius 2 is 1.95 bits per heavy atom. The van der Waals surface area contributed by atoms with Crippen molar-refractivity contribution in [3.05, 3.63) is 58.8 Å². The van der Waals surface area contributed by atoms with E-state index in [4.69, 9.17) is 5.26 Å². The van der Waals surface area contributed by atoms with Gasteiger partial charge in [-0.3, -0.25) is 0 Å². The molecule has 3 rings (SSSR count). The topological polar surface area (TPSA) is 49.6 Å². The van der Waals surface area contributed by atoms with Crippen molar-refractivity contribution < 1.29 is 0 Å². The van der Waals surface area contributed by atoms with Gasteiger partial charge in [0.1, 0.15) is 17.4 Å². The van der Waals surface area contributed by atoms with Crippen LogP contribution in [0.5, 0.6) is 0 Å². The lowest BCUT2D eigenvalue weighted by atomic mass is 10.2. The van der Waals surface area contributed by atoms with E-state index in [1.54, 1.807) is 24.2 Å². The summed E-state index contributed by atoms with van der Waals surface area (Å²) in [5.74, 6) is 0. The summed E-state index contributed by atoms with van der Waals surface area (Å²) in [7, 11) is 0. The van der Waals surface area contributed by atoms with Gasteiger partial charge in [0.05, 0.1) is 11.1 Å². The third-order valence-electron chi connectivity index (χ3n) is 2.78. The molecule has 0 unspecified atom stereocenters. The molecule has 0 fully saturated rings. The standard InChI is InChI=1S/C15H8BrN3S/c16-13-7-11(6-5-10(13)8-17)20-15-12-3-1-2-4-14(12)18-9-19-15/h1-7,9H. The summed E-state index contributed by atoms with van der Waals surface area (Å²) in [6.45, 7) is 0. The van der Waals surface area contributed by atoms with Gasteiger partial charge in [0.15, 0.2) is 0 Å². The van der Waals surface area contributed by atoms with Gasteiger partial charge in [-0.15, -0.1) is 0 Å². The largest absolute Gasteiger partial charge is 0.236 e. The van der Waals surface area contributed by atoms with Crippen LogP contribution in [-0.2, 0) is 0 Å². The number of hydrogen-bond donors (Lipinski definition) is 0. The molecule has 2 aromatic carbocycles. The molecule has 5 heteroatoms. The quantitative estimate of drug-likeness (QED) is 0.647. The maximum Gasteiger partial charge on any atom is 0.117 e. The van der Waals surface area contributed by atoms with Crippen molar-refractivity contribution in [3.63, 3.8) is 0 Å². The summed E-state index contributed by atoms with van der Waals surface area (Å²) in [6.07, 6.45) is 1.57. The SMILES string of the molecule is N#Cc1ccc(Sc2ncnc3ccccc23)cc1Br. The van der Waals surface area contributed by atoms with Gasteiger partial charge in [-0.1, -0.05) is 30.0 Å². The fourth-order valence-electron chi connectivity index (χ4n) is 1.82. The molecule has 1 heterocycles. The average Bonchev–Trinajstić information content (AvgIpc) is 2.48. The molecule has 3 nitrogen and oxygen atoms in total. The number of nitriles is 1. The van der Waals surface area contributed by atoms with Gasteiger partial charge in [0, 0.05) is 14.8 Å². The first kappa shape index (κ1) is 13.1. The molecule has 96 valence electrons. The summed E-state index contributed by atoms with van der Waals surface area (Å²) < 4.78 is 0.795. The van der Waals surface area contributed by atoms with Crippen LogP contribution in [0.4, 0.5) is 0 Å². The Morgan fingerprint density at radius 3 is 2.75 bits per heavy atom. The maximum absolute atomic E-state index is 8.93. The smallest absolute Gasteiger partial charge is 0.117 e. The van der Waals surface area contributed by atoms with Crippen molar-refractivity contribution in [2.24, 2.45) is 0 Å². The average molecular weight is 342 g/mol. The highest BCUT2D eigenvalue weighted by Crippen LogP contribution is 2.33. The van der Waals surface area contributed by atoms with Crippen LogP contribution < -0.4 is 0 Å². The van der Waals surface area contributed by atoms with Crippen LogP contribution in [0.25, 0.3) is 10.9 Å². The van der Waals surface area contributed by atoms with Crippen molar-refractivity contribution in [2.45, 2.75) is 9.92 Å². The lowest BCUT2D eigenvalue weighted by Crippen LogP contribution is -1.86. The first-order valence-electron chi connectivity index (χ1n) is 5.85.